The fraction of sp³-hybridized carbons (Fsp3) is 0.281. The van der Waals surface area contributed by atoms with E-state index in [1.165, 1.54) is 23.1 Å². The highest BCUT2D eigenvalue weighted by molar-refractivity contribution is 5.89. The Morgan fingerprint density at radius 2 is 1.85 bits per heavy atom. The summed E-state index contributed by atoms with van der Waals surface area (Å²) in [5.41, 5.74) is 4.91. The summed E-state index contributed by atoms with van der Waals surface area (Å²) >= 11 is 0. The minimum atomic E-state index is -0.240. The van der Waals surface area contributed by atoms with Crippen LogP contribution in [0.15, 0.2) is 79.3 Å². The van der Waals surface area contributed by atoms with Gasteiger partial charge in [0.2, 0.25) is 0 Å². The first kappa shape index (κ1) is 25.8. The normalized spacial score (nSPS) is 14.4. The average molecular weight is 535 g/mol. The molecule has 5 aromatic rings. The minimum absolute atomic E-state index is 0.240. The molecule has 3 aromatic carbocycles. The number of rotatable bonds is 8. The Balaban J connectivity index is 1.17. The van der Waals surface area contributed by atoms with E-state index in [4.69, 9.17) is 4.74 Å². The number of piperidine rings is 1. The molecular formula is C32H31FN6O. The predicted molar refractivity (Wildman–Crippen MR) is 153 cm³/mol. The van der Waals surface area contributed by atoms with Crippen LogP contribution in [-0.4, -0.2) is 50.5 Å². The number of likely N-dealkylation sites (tertiary alicyclic amines) is 1. The van der Waals surface area contributed by atoms with Crippen molar-refractivity contribution in [3.63, 3.8) is 0 Å². The van der Waals surface area contributed by atoms with Crippen LogP contribution in [0.25, 0.3) is 28.0 Å². The first-order valence-corrected chi connectivity index (χ1v) is 13.7. The van der Waals surface area contributed by atoms with Crippen LogP contribution in [0.5, 0.6) is 5.75 Å². The maximum atomic E-state index is 13.7. The molecule has 202 valence electrons. The van der Waals surface area contributed by atoms with Crippen molar-refractivity contribution in [3.8, 4) is 28.9 Å². The molecule has 0 aliphatic carbocycles. The van der Waals surface area contributed by atoms with Crippen LogP contribution < -0.4 is 4.74 Å². The van der Waals surface area contributed by atoms with Gasteiger partial charge in [0.1, 0.15) is 24.0 Å². The number of hydrogen-bond donors (Lipinski definition) is 0. The lowest BCUT2D eigenvalue weighted by molar-refractivity contribution is 0.193. The Bertz CT molecular complexity index is 1660. The Labute approximate surface area is 233 Å². The molecule has 0 radical (unpaired) electrons. The van der Waals surface area contributed by atoms with Gasteiger partial charge < -0.3 is 14.2 Å². The number of aryl methyl sites for hydroxylation is 1. The zero-order valence-electron chi connectivity index (χ0n) is 22.5. The number of hydrogen-bond acceptors (Lipinski definition) is 5. The van der Waals surface area contributed by atoms with Crippen LogP contribution in [-0.2, 0) is 7.05 Å². The van der Waals surface area contributed by atoms with E-state index in [1.807, 2.05) is 37.4 Å². The van der Waals surface area contributed by atoms with Gasteiger partial charge >= 0.3 is 0 Å². The van der Waals surface area contributed by atoms with E-state index < -0.39 is 0 Å². The molecule has 0 bridgehead atoms. The molecule has 3 heterocycles. The Hall–Kier alpha value is -4.48. The van der Waals surface area contributed by atoms with Gasteiger partial charge in [-0.05, 0) is 98.4 Å². The van der Waals surface area contributed by atoms with Crippen molar-refractivity contribution >= 4 is 10.9 Å². The van der Waals surface area contributed by atoms with Crippen molar-refractivity contribution < 1.29 is 9.13 Å². The average Bonchev–Trinajstić information content (AvgIpc) is 3.60. The SMILES string of the molecule is Cn1cnc(-c2ccc3c(c2)c(C2CCN(CCCOc4ccccc4C#N)CC2)cn3-c2ccc(F)cc2)n1. The van der Waals surface area contributed by atoms with Gasteiger partial charge in [-0.1, -0.05) is 12.1 Å². The number of nitrogens with zero attached hydrogens (tertiary/aromatic N) is 6. The van der Waals surface area contributed by atoms with Gasteiger partial charge in [0.05, 0.1) is 17.7 Å². The number of halogens is 1. The molecule has 1 aliphatic heterocycles. The van der Waals surface area contributed by atoms with Crippen molar-refractivity contribution in [1.82, 2.24) is 24.2 Å². The molecule has 0 N–H and O–H groups in total. The molecule has 7 nitrogen and oxygen atoms in total. The predicted octanol–water partition coefficient (Wildman–Crippen LogP) is 6.09. The van der Waals surface area contributed by atoms with Gasteiger partial charge in [-0.15, -0.1) is 0 Å². The van der Waals surface area contributed by atoms with E-state index in [-0.39, 0.29) is 5.82 Å². The fourth-order valence-corrected chi connectivity index (χ4v) is 5.63. The van der Waals surface area contributed by atoms with Gasteiger partial charge in [-0.25, -0.2) is 9.37 Å². The van der Waals surface area contributed by atoms with E-state index in [0.29, 0.717) is 29.7 Å². The van der Waals surface area contributed by atoms with E-state index in [2.05, 4.69) is 50.0 Å². The molecule has 40 heavy (non-hydrogen) atoms. The number of fused-ring (bicyclic) bond motifs is 1. The van der Waals surface area contributed by atoms with E-state index in [9.17, 15) is 9.65 Å². The lowest BCUT2D eigenvalue weighted by Crippen LogP contribution is -2.34. The summed E-state index contributed by atoms with van der Waals surface area (Å²) in [4.78, 5) is 6.95. The molecule has 2 aromatic heterocycles. The maximum Gasteiger partial charge on any atom is 0.181 e. The van der Waals surface area contributed by atoms with Gasteiger partial charge in [0, 0.05) is 36.4 Å². The molecule has 0 unspecified atom stereocenters. The summed E-state index contributed by atoms with van der Waals surface area (Å²) in [5.74, 6) is 1.54. The molecule has 8 heteroatoms. The number of ether oxygens (including phenoxy) is 1. The standard InChI is InChI=1S/C32H31FN6O/c1-37-22-35-32(36-37)24-7-12-30-28(19-24)29(21-39(30)27-10-8-26(33)9-11-27)23-13-16-38(17-14-23)15-4-18-40-31-6-3-2-5-25(31)20-34/h2-3,5-12,19,21-23H,4,13-18H2,1H3. The third kappa shape index (κ3) is 5.33. The van der Waals surface area contributed by atoms with Crippen LogP contribution in [0.3, 0.4) is 0 Å². The highest BCUT2D eigenvalue weighted by Crippen LogP contribution is 2.37. The highest BCUT2D eigenvalue weighted by Gasteiger charge is 2.24. The van der Waals surface area contributed by atoms with Crippen LogP contribution in [0.1, 0.15) is 36.3 Å². The maximum absolute atomic E-state index is 13.7. The third-order valence-electron chi connectivity index (χ3n) is 7.71. The summed E-state index contributed by atoms with van der Waals surface area (Å²) in [6.45, 7) is 3.59. The van der Waals surface area contributed by atoms with Crippen LogP contribution in [0.2, 0.25) is 0 Å². The van der Waals surface area contributed by atoms with Gasteiger partial charge in [-0.2, -0.15) is 10.4 Å². The zero-order chi connectivity index (χ0) is 27.5. The molecule has 1 aliphatic rings. The zero-order valence-corrected chi connectivity index (χ0v) is 22.5. The second kappa shape index (κ2) is 11.3. The summed E-state index contributed by atoms with van der Waals surface area (Å²) in [5, 5.41) is 14.9. The molecule has 1 fully saturated rings. The minimum Gasteiger partial charge on any atom is -0.492 e. The van der Waals surface area contributed by atoms with Gasteiger partial charge in [-0.3, -0.25) is 4.68 Å². The first-order valence-electron chi connectivity index (χ1n) is 13.7. The van der Waals surface area contributed by atoms with Crippen LogP contribution >= 0.6 is 0 Å². The molecule has 0 saturated carbocycles. The van der Waals surface area contributed by atoms with Gasteiger partial charge in [0.15, 0.2) is 5.82 Å². The van der Waals surface area contributed by atoms with Crippen molar-refractivity contribution in [2.24, 2.45) is 7.05 Å². The summed E-state index contributed by atoms with van der Waals surface area (Å²) in [7, 11) is 1.87. The highest BCUT2D eigenvalue weighted by atomic mass is 19.1. The van der Waals surface area contributed by atoms with Crippen LogP contribution in [0.4, 0.5) is 4.39 Å². The summed E-state index contributed by atoms with van der Waals surface area (Å²) < 4.78 is 23.4. The largest absolute Gasteiger partial charge is 0.492 e. The molecule has 0 spiro atoms. The molecular weight excluding hydrogens is 503 g/mol. The van der Waals surface area contributed by atoms with Crippen molar-refractivity contribution in [3.05, 3.63) is 96.2 Å². The van der Waals surface area contributed by atoms with E-state index in [0.717, 1.165) is 55.7 Å². The molecule has 0 amide bonds. The number of nitriles is 1. The monoisotopic (exact) mass is 534 g/mol. The molecule has 0 atom stereocenters. The molecule has 6 rings (SSSR count). The Kier molecular flexibility index (Phi) is 7.30. The molecule has 1 saturated heterocycles. The number of benzene rings is 3. The third-order valence-corrected chi connectivity index (χ3v) is 7.71. The second-order valence-electron chi connectivity index (χ2n) is 10.3. The van der Waals surface area contributed by atoms with Crippen LogP contribution in [0, 0.1) is 17.1 Å². The van der Waals surface area contributed by atoms with Crippen molar-refractivity contribution in [2.45, 2.75) is 25.2 Å². The number of aromatic nitrogens is 4. The lowest BCUT2D eigenvalue weighted by Gasteiger charge is -2.32. The first-order chi connectivity index (χ1) is 19.6. The Morgan fingerprint density at radius 3 is 2.60 bits per heavy atom. The van der Waals surface area contributed by atoms with Gasteiger partial charge in [0.25, 0.3) is 0 Å². The van der Waals surface area contributed by atoms with Crippen molar-refractivity contribution in [2.75, 3.05) is 26.2 Å². The Morgan fingerprint density at radius 1 is 1.05 bits per heavy atom. The second-order valence-corrected chi connectivity index (χ2v) is 10.3. The quantitative estimate of drug-likeness (QED) is 0.226. The van der Waals surface area contributed by atoms with E-state index >= 15 is 0 Å². The smallest absolute Gasteiger partial charge is 0.181 e. The summed E-state index contributed by atoms with van der Waals surface area (Å²) in [6, 6.07) is 22.6. The van der Waals surface area contributed by atoms with Crippen molar-refractivity contribution in [1.29, 1.82) is 5.26 Å². The number of para-hydroxylation sites is 1. The fourth-order valence-electron chi connectivity index (χ4n) is 5.63. The van der Waals surface area contributed by atoms with E-state index in [1.54, 1.807) is 17.1 Å². The lowest BCUT2D eigenvalue weighted by atomic mass is 9.89. The topological polar surface area (TPSA) is 71.9 Å². The summed E-state index contributed by atoms with van der Waals surface area (Å²) in [6.07, 6.45) is 6.98.